The molecule has 126 valence electrons. The summed E-state index contributed by atoms with van der Waals surface area (Å²) in [6.07, 6.45) is 2.51. The molecule has 0 aromatic heterocycles. The zero-order chi connectivity index (χ0) is 16.8. The molecular weight excluding hydrogens is 300 g/mol. The molecule has 2 rings (SSSR count). The van der Waals surface area contributed by atoms with E-state index >= 15 is 0 Å². The Morgan fingerprint density at radius 3 is 2.96 bits per heavy atom. The summed E-state index contributed by atoms with van der Waals surface area (Å²) in [5, 5.41) is 13.6. The van der Waals surface area contributed by atoms with Crippen molar-refractivity contribution in [2.45, 2.75) is 45.3 Å². The third kappa shape index (κ3) is 5.01. The average Bonchev–Trinajstić information content (AvgIpc) is 2.55. The van der Waals surface area contributed by atoms with Gasteiger partial charge in [0.05, 0.1) is 17.6 Å². The van der Waals surface area contributed by atoms with Crippen LogP contribution in [0, 0.1) is 17.0 Å². The summed E-state index contributed by atoms with van der Waals surface area (Å²) in [5.41, 5.74) is 0.912. The minimum absolute atomic E-state index is 0.0213. The first-order chi connectivity index (χ1) is 11.0. The molecular formula is C16H22N2O5. The number of carbonyl (C=O) groups excluding carboxylic acids is 1. The predicted octanol–water partition coefficient (Wildman–Crippen LogP) is 2.82. The Morgan fingerprint density at radius 2 is 2.30 bits per heavy atom. The zero-order valence-electron chi connectivity index (χ0n) is 13.4. The molecule has 1 aromatic carbocycles. The number of nitrogens with one attached hydrogen (secondary N) is 1. The van der Waals surface area contributed by atoms with Gasteiger partial charge in [0.1, 0.15) is 6.10 Å². The summed E-state index contributed by atoms with van der Waals surface area (Å²) >= 11 is 0. The standard InChI is InChI=1S/C16H22N2O5/c1-11-6-7-13(9-15(11)18(20)21)17-16(19)12(2)23-10-14-5-3-4-8-22-14/h6-7,9,12,14H,3-5,8,10H2,1-2H3,(H,17,19)/t12-,14+/m0/s1. The van der Waals surface area contributed by atoms with Crippen LogP contribution < -0.4 is 5.32 Å². The van der Waals surface area contributed by atoms with Gasteiger partial charge in [-0.3, -0.25) is 14.9 Å². The highest BCUT2D eigenvalue weighted by Gasteiger charge is 2.20. The van der Waals surface area contributed by atoms with Crippen molar-refractivity contribution in [3.8, 4) is 0 Å². The van der Waals surface area contributed by atoms with E-state index in [1.807, 2.05) is 0 Å². The maximum absolute atomic E-state index is 12.1. The van der Waals surface area contributed by atoms with Crippen LogP contribution in [0.4, 0.5) is 11.4 Å². The van der Waals surface area contributed by atoms with Crippen LogP contribution in [0.25, 0.3) is 0 Å². The van der Waals surface area contributed by atoms with Gasteiger partial charge in [-0.1, -0.05) is 6.07 Å². The van der Waals surface area contributed by atoms with Crippen molar-refractivity contribution in [3.63, 3.8) is 0 Å². The molecule has 1 heterocycles. The Morgan fingerprint density at radius 1 is 1.52 bits per heavy atom. The van der Waals surface area contributed by atoms with Crippen LogP contribution in [-0.4, -0.2) is 36.3 Å². The van der Waals surface area contributed by atoms with Gasteiger partial charge < -0.3 is 14.8 Å². The lowest BCUT2D eigenvalue weighted by Gasteiger charge is -2.23. The van der Waals surface area contributed by atoms with Crippen LogP contribution in [-0.2, 0) is 14.3 Å². The fraction of sp³-hybridized carbons (Fsp3) is 0.562. The van der Waals surface area contributed by atoms with Crippen molar-refractivity contribution in [2.24, 2.45) is 0 Å². The molecule has 0 unspecified atom stereocenters. The number of anilines is 1. The van der Waals surface area contributed by atoms with E-state index in [1.165, 1.54) is 6.07 Å². The lowest BCUT2D eigenvalue weighted by Crippen LogP contribution is -2.32. The SMILES string of the molecule is Cc1ccc(NC(=O)[C@H](C)OC[C@H]2CCCCO2)cc1[N+](=O)[O-]. The normalized spacial score (nSPS) is 19.1. The van der Waals surface area contributed by atoms with Gasteiger partial charge in [0.15, 0.2) is 0 Å². The summed E-state index contributed by atoms with van der Waals surface area (Å²) in [6.45, 7) is 4.42. The van der Waals surface area contributed by atoms with Gasteiger partial charge in [-0.05, 0) is 39.2 Å². The van der Waals surface area contributed by atoms with Crippen LogP contribution >= 0.6 is 0 Å². The largest absolute Gasteiger partial charge is 0.376 e. The van der Waals surface area contributed by atoms with Crippen molar-refractivity contribution in [1.82, 2.24) is 0 Å². The number of amides is 1. The van der Waals surface area contributed by atoms with Crippen LogP contribution in [0.2, 0.25) is 0 Å². The van der Waals surface area contributed by atoms with Crippen LogP contribution in [0.5, 0.6) is 0 Å². The number of carbonyl (C=O) groups is 1. The second-order valence-electron chi connectivity index (χ2n) is 5.71. The van der Waals surface area contributed by atoms with Crippen molar-refractivity contribution in [2.75, 3.05) is 18.5 Å². The Labute approximate surface area is 135 Å². The topological polar surface area (TPSA) is 90.7 Å². The molecule has 7 heteroatoms. The van der Waals surface area contributed by atoms with E-state index in [-0.39, 0.29) is 17.7 Å². The van der Waals surface area contributed by atoms with E-state index < -0.39 is 11.0 Å². The zero-order valence-corrected chi connectivity index (χ0v) is 13.4. The molecule has 0 bridgehead atoms. The Hall–Kier alpha value is -1.99. The number of hydrogen-bond donors (Lipinski definition) is 1. The summed E-state index contributed by atoms with van der Waals surface area (Å²) in [7, 11) is 0. The highest BCUT2D eigenvalue weighted by Crippen LogP contribution is 2.22. The minimum Gasteiger partial charge on any atom is -0.376 e. The monoisotopic (exact) mass is 322 g/mol. The van der Waals surface area contributed by atoms with Gasteiger partial charge in [-0.15, -0.1) is 0 Å². The van der Waals surface area contributed by atoms with Crippen molar-refractivity contribution >= 4 is 17.3 Å². The van der Waals surface area contributed by atoms with Crippen molar-refractivity contribution in [3.05, 3.63) is 33.9 Å². The molecule has 1 fully saturated rings. The molecule has 0 aliphatic carbocycles. The smallest absolute Gasteiger partial charge is 0.274 e. The van der Waals surface area contributed by atoms with Gasteiger partial charge in [0.25, 0.3) is 11.6 Å². The quantitative estimate of drug-likeness (QED) is 0.642. The second kappa shape index (κ2) is 8.03. The first-order valence-electron chi connectivity index (χ1n) is 7.76. The number of ether oxygens (including phenoxy) is 2. The fourth-order valence-electron chi connectivity index (χ4n) is 2.39. The molecule has 1 saturated heterocycles. The third-order valence-electron chi connectivity index (χ3n) is 3.85. The maximum atomic E-state index is 12.1. The Balaban J connectivity index is 1.87. The second-order valence-corrected chi connectivity index (χ2v) is 5.71. The summed E-state index contributed by atoms with van der Waals surface area (Å²) in [5.74, 6) is -0.334. The van der Waals surface area contributed by atoms with Crippen LogP contribution in [0.3, 0.4) is 0 Å². The maximum Gasteiger partial charge on any atom is 0.274 e. The Kier molecular flexibility index (Phi) is 6.06. The van der Waals surface area contributed by atoms with E-state index in [9.17, 15) is 14.9 Å². The molecule has 1 aliphatic rings. The summed E-state index contributed by atoms with van der Waals surface area (Å²) < 4.78 is 11.1. The predicted molar refractivity (Wildman–Crippen MR) is 85.5 cm³/mol. The van der Waals surface area contributed by atoms with Crippen LogP contribution in [0.15, 0.2) is 18.2 Å². The summed E-state index contributed by atoms with van der Waals surface area (Å²) in [6, 6.07) is 4.59. The molecule has 1 aromatic rings. The first-order valence-corrected chi connectivity index (χ1v) is 7.76. The van der Waals surface area contributed by atoms with Gasteiger partial charge in [-0.2, -0.15) is 0 Å². The molecule has 0 saturated carbocycles. The molecule has 23 heavy (non-hydrogen) atoms. The number of nitro groups is 1. The first kappa shape index (κ1) is 17.4. The number of rotatable bonds is 6. The molecule has 2 atom stereocenters. The summed E-state index contributed by atoms with van der Waals surface area (Å²) in [4.78, 5) is 22.6. The number of nitrogens with zero attached hydrogens (tertiary/aromatic N) is 1. The average molecular weight is 322 g/mol. The van der Waals surface area contributed by atoms with E-state index in [2.05, 4.69) is 5.32 Å². The number of aryl methyl sites for hydroxylation is 1. The van der Waals surface area contributed by atoms with E-state index in [1.54, 1.807) is 26.0 Å². The minimum atomic E-state index is -0.652. The highest BCUT2D eigenvalue weighted by atomic mass is 16.6. The van der Waals surface area contributed by atoms with Gasteiger partial charge in [0, 0.05) is 23.9 Å². The molecule has 7 nitrogen and oxygen atoms in total. The number of hydrogen-bond acceptors (Lipinski definition) is 5. The van der Waals surface area contributed by atoms with Gasteiger partial charge in [0.2, 0.25) is 0 Å². The van der Waals surface area contributed by atoms with E-state index in [0.29, 0.717) is 17.9 Å². The lowest BCUT2D eigenvalue weighted by molar-refractivity contribution is -0.385. The van der Waals surface area contributed by atoms with Crippen LogP contribution in [0.1, 0.15) is 31.7 Å². The molecule has 0 radical (unpaired) electrons. The molecule has 1 N–H and O–H groups in total. The number of nitro benzene ring substituents is 1. The van der Waals surface area contributed by atoms with Gasteiger partial charge >= 0.3 is 0 Å². The van der Waals surface area contributed by atoms with E-state index in [0.717, 1.165) is 25.9 Å². The van der Waals surface area contributed by atoms with Gasteiger partial charge in [-0.25, -0.2) is 0 Å². The number of benzene rings is 1. The highest BCUT2D eigenvalue weighted by molar-refractivity contribution is 5.94. The van der Waals surface area contributed by atoms with Crippen molar-refractivity contribution in [1.29, 1.82) is 0 Å². The lowest BCUT2D eigenvalue weighted by atomic mass is 10.1. The third-order valence-corrected chi connectivity index (χ3v) is 3.85. The molecule has 1 aliphatic heterocycles. The van der Waals surface area contributed by atoms with Crippen molar-refractivity contribution < 1.29 is 19.2 Å². The van der Waals surface area contributed by atoms with E-state index in [4.69, 9.17) is 9.47 Å². The Bertz CT molecular complexity index is 570. The molecule has 0 spiro atoms. The fourth-order valence-corrected chi connectivity index (χ4v) is 2.39. The molecule has 1 amide bonds.